The van der Waals surface area contributed by atoms with Crippen LogP contribution in [-0.2, 0) is 13.5 Å². The second kappa shape index (κ2) is 4.77. The predicted molar refractivity (Wildman–Crippen MR) is 58.5 cm³/mol. The molecule has 1 aromatic rings. The van der Waals surface area contributed by atoms with Gasteiger partial charge in [-0.2, -0.15) is 5.10 Å². The molecule has 1 fully saturated rings. The van der Waals surface area contributed by atoms with Crippen molar-refractivity contribution >= 4 is 0 Å². The second-order valence-corrected chi connectivity index (χ2v) is 4.38. The summed E-state index contributed by atoms with van der Waals surface area (Å²) in [5.41, 5.74) is 1.24. The molecule has 2 rings (SSSR count). The number of aryl methyl sites for hydroxylation is 1. The molecule has 84 valence electrons. The molecule has 0 aliphatic heterocycles. The fourth-order valence-corrected chi connectivity index (χ4v) is 1.73. The van der Waals surface area contributed by atoms with Gasteiger partial charge in [0.2, 0.25) is 0 Å². The molecule has 15 heavy (non-hydrogen) atoms. The second-order valence-electron chi connectivity index (χ2n) is 4.38. The minimum Gasteiger partial charge on any atom is -0.392 e. The number of aliphatic hydroxyl groups excluding tert-OH is 1. The van der Waals surface area contributed by atoms with E-state index in [9.17, 15) is 5.11 Å². The number of aromatic nitrogens is 2. The first-order valence-electron chi connectivity index (χ1n) is 5.62. The van der Waals surface area contributed by atoms with Gasteiger partial charge in [0.25, 0.3) is 0 Å². The van der Waals surface area contributed by atoms with E-state index in [4.69, 9.17) is 0 Å². The molecule has 1 saturated carbocycles. The van der Waals surface area contributed by atoms with Crippen LogP contribution in [0.5, 0.6) is 0 Å². The molecule has 0 spiro atoms. The van der Waals surface area contributed by atoms with E-state index in [0.29, 0.717) is 5.92 Å². The van der Waals surface area contributed by atoms with Crippen molar-refractivity contribution in [1.29, 1.82) is 0 Å². The molecule has 4 heteroatoms. The van der Waals surface area contributed by atoms with Gasteiger partial charge < -0.3 is 10.4 Å². The zero-order chi connectivity index (χ0) is 10.7. The van der Waals surface area contributed by atoms with E-state index >= 15 is 0 Å². The van der Waals surface area contributed by atoms with Gasteiger partial charge in [-0.15, -0.1) is 0 Å². The lowest BCUT2D eigenvalue weighted by atomic mass is 10.2. The number of rotatable bonds is 6. The van der Waals surface area contributed by atoms with Crippen molar-refractivity contribution in [1.82, 2.24) is 15.1 Å². The molecule has 2 N–H and O–H groups in total. The molecular formula is C11H19N3O. The highest BCUT2D eigenvalue weighted by Gasteiger charge is 2.28. The number of hydrogen-bond donors (Lipinski definition) is 2. The van der Waals surface area contributed by atoms with E-state index in [-0.39, 0.29) is 6.10 Å². The minimum atomic E-state index is -0.140. The van der Waals surface area contributed by atoms with Crippen LogP contribution in [0.2, 0.25) is 0 Å². The Kier molecular flexibility index (Phi) is 3.38. The van der Waals surface area contributed by atoms with Crippen molar-refractivity contribution < 1.29 is 5.11 Å². The maximum atomic E-state index is 9.61. The molecule has 0 aromatic carbocycles. The summed E-state index contributed by atoms with van der Waals surface area (Å²) in [6, 6.07) is 0. The zero-order valence-electron chi connectivity index (χ0n) is 9.19. The van der Waals surface area contributed by atoms with Gasteiger partial charge in [0.15, 0.2) is 0 Å². The van der Waals surface area contributed by atoms with Crippen molar-refractivity contribution in [2.75, 3.05) is 13.1 Å². The Bertz CT molecular complexity index is 307. The van der Waals surface area contributed by atoms with Crippen molar-refractivity contribution in [2.45, 2.75) is 25.4 Å². The topological polar surface area (TPSA) is 50.1 Å². The number of nitrogens with one attached hydrogen (secondary N) is 1. The van der Waals surface area contributed by atoms with Crippen molar-refractivity contribution in [2.24, 2.45) is 13.0 Å². The summed E-state index contributed by atoms with van der Waals surface area (Å²) >= 11 is 0. The van der Waals surface area contributed by atoms with E-state index in [1.165, 1.54) is 18.4 Å². The molecule has 1 aliphatic rings. The third kappa shape index (κ3) is 3.32. The van der Waals surface area contributed by atoms with Crippen LogP contribution in [0.4, 0.5) is 0 Å². The summed E-state index contributed by atoms with van der Waals surface area (Å²) in [6.45, 7) is 1.64. The summed E-state index contributed by atoms with van der Waals surface area (Å²) in [5, 5.41) is 17.0. The van der Waals surface area contributed by atoms with Gasteiger partial charge in [-0.3, -0.25) is 4.68 Å². The Labute approximate surface area is 90.3 Å². The van der Waals surface area contributed by atoms with Gasteiger partial charge in [-0.1, -0.05) is 0 Å². The van der Waals surface area contributed by atoms with Crippen LogP contribution in [0.3, 0.4) is 0 Å². The zero-order valence-corrected chi connectivity index (χ0v) is 9.19. The lowest BCUT2D eigenvalue weighted by molar-refractivity contribution is 0.149. The summed E-state index contributed by atoms with van der Waals surface area (Å²) in [6.07, 6.45) is 7.15. The lowest BCUT2D eigenvalue weighted by Gasteiger charge is -2.09. The minimum absolute atomic E-state index is 0.140. The molecule has 0 saturated heterocycles. The largest absolute Gasteiger partial charge is 0.392 e. The summed E-state index contributed by atoms with van der Waals surface area (Å²) in [5.74, 6) is 0.566. The van der Waals surface area contributed by atoms with Gasteiger partial charge >= 0.3 is 0 Å². The Morgan fingerprint density at radius 1 is 1.67 bits per heavy atom. The highest BCUT2D eigenvalue weighted by atomic mass is 16.3. The molecule has 0 bridgehead atoms. The maximum absolute atomic E-state index is 9.61. The van der Waals surface area contributed by atoms with E-state index in [2.05, 4.69) is 10.4 Å². The molecule has 0 amide bonds. The monoisotopic (exact) mass is 209 g/mol. The van der Waals surface area contributed by atoms with Crippen LogP contribution >= 0.6 is 0 Å². The first-order valence-corrected chi connectivity index (χ1v) is 5.62. The molecule has 1 aromatic heterocycles. The van der Waals surface area contributed by atoms with Gasteiger partial charge in [0.1, 0.15) is 0 Å². The summed E-state index contributed by atoms with van der Waals surface area (Å²) in [4.78, 5) is 0. The van der Waals surface area contributed by atoms with E-state index < -0.39 is 0 Å². The number of nitrogens with zero attached hydrogens (tertiary/aromatic N) is 2. The lowest BCUT2D eigenvalue weighted by Crippen LogP contribution is -2.29. The predicted octanol–water partition coefficient (Wildman–Crippen LogP) is 0.323. The van der Waals surface area contributed by atoms with Gasteiger partial charge in [-0.05, 0) is 37.3 Å². The number of aliphatic hydroxyl groups is 1. The fourth-order valence-electron chi connectivity index (χ4n) is 1.73. The van der Waals surface area contributed by atoms with Gasteiger partial charge in [0, 0.05) is 19.8 Å². The highest BCUT2D eigenvalue weighted by molar-refractivity contribution is 5.03. The van der Waals surface area contributed by atoms with Crippen molar-refractivity contribution in [3.05, 3.63) is 18.0 Å². The molecule has 1 aliphatic carbocycles. The third-order valence-electron chi connectivity index (χ3n) is 2.87. The Morgan fingerprint density at radius 2 is 2.47 bits per heavy atom. The number of hydrogen-bond acceptors (Lipinski definition) is 3. The van der Waals surface area contributed by atoms with Crippen LogP contribution in [0.15, 0.2) is 12.4 Å². The first-order chi connectivity index (χ1) is 7.25. The molecular weight excluding hydrogens is 190 g/mol. The average Bonchev–Trinajstić information content (AvgIpc) is 2.98. The first kappa shape index (κ1) is 10.6. The maximum Gasteiger partial charge on any atom is 0.0692 e. The summed E-state index contributed by atoms with van der Waals surface area (Å²) in [7, 11) is 1.92. The quantitative estimate of drug-likeness (QED) is 0.664. The average molecular weight is 209 g/mol. The van der Waals surface area contributed by atoms with Crippen LogP contribution in [-0.4, -0.2) is 34.1 Å². The fraction of sp³-hybridized carbons (Fsp3) is 0.727. The normalized spacial score (nSPS) is 18.0. The van der Waals surface area contributed by atoms with E-state index in [1.807, 2.05) is 24.1 Å². The molecule has 4 nitrogen and oxygen atoms in total. The van der Waals surface area contributed by atoms with Crippen molar-refractivity contribution in [3.8, 4) is 0 Å². The van der Waals surface area contributed by atoms with E-state index in [1.54, 1.807) is 0 Å². The molecule has 0 radical (unpaired) electrons. The van der Waals surface area contributed by atoms with Gasteiger partial charge in [-0.25, -0.2) is 0 Å². The van der Waals surface area contributed by atoms with Crippen molar-refractivity contribution in [3.63, 3.8) is 0 Å². The third-order valence-corrected chi connectivity index (χ3v) is 2.87. The van der Waals surface area contributed by atoms with Crippen LogP contribution < -0.4 is 5.32 Å². The Morgan fingerprint density at radius 3 is 3.07 bits per heavy atom. The smallest absolute Gasteiger partial charge is 0.0692 e. The van der Waals surface area contributed by atoms with E-state index in [0.717, 1.165) is 19.5 Å². The molecule has 1 heterocycles. The standard InChI is InChI=1S/C11H19N3O/c1-14-8-9(6-13-14)4-5-12-7-11(15)10-2-3-10/h6,8,10-12,15H,2-5,7H2,1H3. The summed E-state index contributed by atoms with van der Waals surface area (Å²) < 4.78 is 1.81. The SMILES string of the molecule is Cn1cc(CCNCC(O)C2CC2)cn1. The van der Waals surface area contributed by atoms with Crippen LogP contribution in [0.25, 0.3) is 0 Å². The molecule has 1 unspecified atom stereocenters. The highest BCUT2D eigenvalue weighted by Crippen LogP contribution is 2.32. The Hall–Kier alpha value is -0.870. The molecule has 1 atom stereocenters. The van der Waals surface area contributed by atoms with Crippen LogP contribution in [0.1, 0.15) is 18.4 Å². The Balaban J connectivity index is 1.58. The van der Waals surface area contributed by atoms with Gasteiger partial charge in [0.05, 0.1) is 12.3 Å². The van der Waals surface area contributed by atoms with Crippen LogP contribution in [0, 0.1) is 5.92 Å².